The summed E-state index contributed by atoms with van der Waals surface area (Å²) in [7, 11) is 1.67. The maximum atomic E-state index is 12.2. The number of benzene rings is 1. The maximum Gasteiger partial charge on any atom is 0.280 e. The average Bonchev–Trinajstić information content (AvgIpc) is 2.38. The van der Waals surface area contributed by atoms with E-state index in [2.05, 4.69) is 4.98 Å². The lowest BCUT2D eigenvalue weighted by molar-refractivity contribution is 0.0985. The molecule has 0 bridgehead atoms. The molecule has 2 rings (SSSR count). The molecule has 18 heavy (non-hydrogen) atoms. The quantitative estimate of drug-likeness (QED) is 0.879. The minimum absolute atomic E-state index is 0.0586. The van der Waals surface area contributed by atoms with Gasteiger partial charge in [0.1, 0.15) is 5.75 Å². The van der Waals surface area contributed by atoms with Gasteiger partial charge in [-0.15, -0.1) is 0 Å². The number of para-hydroxylation sites is 1. The first-order chi connectivity index (χ1) is 8.61. The van der Waals surface area contributed by atoms with Gasteiger partial charge in [-0.05, 0) is 30.7 Å². The van der Waals surface area contributed by atoms with Crippen LogP contribution in [0.4, 0.5) is 5.69 Å². The van der Waals surface area contributed by atoms with E-state index >= 15 is 0 Å². The van der Waals surface area contributed by atoms with Crippen molar-refractivity contribution >= 4 is 11.6 Å². The second kappa shape index (κ2) is 4.87. The first kappa shape index (κ1) is 12.1. The van der Waals surface area contributed by atoms with E-state index in [1.807, 2.05) is 31.2 Å². The fourth-order valence-electron chi connectivity index (χ4n) is 1.77. The lowest BCUT2D eigenvalue weighted by Gasteiger charge is -2.19. The molecular formula is C14H14N2O2. The molecule has 0 fully saturated rings. The second-order valence-electron chi connectivity index (χ2n) is 4.02. The van der Waals surface area contributed by atoms with Crippen LogP contribution >= 0.6 is 0 Å². The minimum atomic E-state index is -0.331. The number of amides is 1. The van der Waals surface area contributed by atoms with Crippen molar-refractivity contribution in [2.45, 2.75) is 6.92 Å². The van der Waals surface area contributed by atoms with E-state index in [1.54, 1.807) is 13.1 Å². The van der Waals surface area contributed by atoms with E-state index < -0.39 is 0 Å². The predicted octanol–water partition coefficient (Wildman–Crippen LogP) is 2.37. The van der Waals surface area contributed by atoms with Gasteiger partial charge in [-0.2, -0.15) is 0 Å². The molecule has 1 aromatic heterocycles. The summed E-state index contributed by atoms with van der Waals surface area (Å²) < 4.78 is 0. The highest BCUT2D eigenvalue weighted by Gasteiger charge is 2.19. The van der Waals surface area contributed by atoms with Gasteiger partial charge in [0.15, 0.2) is 5.69 Å². The Morgan fingerprint density at radius 3 is 2.61 bits per heavy atom. The zero-order valence-corrected chi connectivity index (χ0v) is 10.3. The molecule has 1 aromatic carbocycles. The Morgan fingerprint density at radius 1 is 1.22 bits per heavy atom. The van der Waals surface area contributed by atoms with Gasteiger partial charge >= 0.3 is 0 Å². The summed E-state index contributed by atoms with van der Waals surface area (Å²) in [6.07, 6.45) is 1.48. The summed E-state index contributed by atoms with van der Waals surface area (Å²) in [5.41, 5.74) is 1.85. The van der Waals surface area contributed by atoms with E-state index in [9.17, 15) is 9.90 Å². The van der Waals surface area contributed by atoms with Gasteiger partial charge in [0.2, 0.25) is 0 Å². The standard InChI is InChI=1S/C14H14N2O2/c1-10-6-3-4-7-11(10)16(2)14(18)13-12(17)8-5-9-15-13/h3-9,17H,1-2H3. The molecule has 1 N–H and O–H groups in total. The number of anilines is 1. The lowest BCUT2D eigenvalue weighted by atomic mass is 10.1. The predicted molar refractivity (Wildman–Crippen MR) is 69.8 cm³/mol. The fourth-order valence-corrected chi connectivity index (χ4v) is 1.77. The van der Waals surface area contributed by atoms with Crippen LogP contribution in [0.15, 0.2) is 42.6 Å². The van der Waals surface area contributed by atoms with E-state index in [1.165, 1.54) is 17.2 Å². The second-order valence-corrected chi connectivity index (χ2v) is 4.02. The number of rotatable bonds is 2. The van der Waals surface area contributed by atoms with Crippen LogP contribution in [0.5, 0.6) is 5.75 Å². The number of pyridine rings is 1. The summed E-state index contributed by atoms with van der Waals surface area (Å²) >= 11 is 0. The number of hydrogen-bond donors (Lipinski definition) is 1. The number of carbonyl (C=O) groups is 1. The van der Waals surface area contributed by atoms with E-state index in [-0.39, 0.29) is 17.4 Å². The SMILES string of the molecule is Cc1ccccc1N(C)C(=O)c1ncccc1O. The molecule has 0 spiro atoms. The van der Waals surface area contributed by atoms with Crippen LogP contribution in [0.25, 0.3) is 0 Å². The van der Waals surface area contributed by atoms with Crippen LogP contribution in [0.1, 0.15) is 16.1 Å². The summed E-state index contributed by atoms with van der Waals surface area (Å²) in [5.74, 6) is -0.440. The zero-order valence-electron chi connectivity index (χ0n) is 10.3. The van der Waals surface area contributed by atoms with Crippen molar-refractivity contribution in [1.82, 2.24) is 4.98 Å². The molecule has 92 valence electrons. The van der Waals surface area contributed by atoms with Gasteiger partial charge < -0.3 is 10.0 Å². The third-order valence-electron chi connectivity index (χ3n) is 2.77. The molecule has 0 aliphatic heterocycles. The third-order valence-corrected chi connectivity index (χ3v) is 2.77. The average molecular weight is 242 g/mol. The third kappa shape index (κ3) is 2.18. The van der Waals surface area contributed by atoms with Gasteiger partial charge in [-0.25, -0.2) is 4.98 Å². The maximum absolute atomic E-state index is 12.2. The van der Waals surface area contributed by atoms with Crippen LogP contribution in [0.3, 0.4) is 0 Å². The normalized spacial score (nSPS) is 10.1. The molecule has 0 radical (unpaired) electrons. The smallest absolute Gasteiger partial charge is 0.280 e. The van der Waals surface area contributed by atoms with E-state index in [4.69, 9.17) is 0 Å². The Morgan fingerprint density at radius 2 is 1.94 bits per heavy atom. The summed E-state index contributed by atoms with van der Waals surface area (Å²) in [6, 6.07) is 10.6. The molecular weight excluding hydrogens is 228 g/mol. The Hall–Kier alpha value is -2.36. The minimum Gasteiger partial charge on any atom is -0.505 e. The van der Waals surface area contributed by atoms with Crippen molar-refractivity contribution in [3.63, 3.8) is 0 Å². The Labute approximate surface area is 106 Å². The molecule has 2 aromatic rings. The summed E-state index contributed by atoms with van der Waals surface area (Å²) in [4.78, 5) is 17.6. The monoisotopic (exact) mass is 242 g/mol. The van der Waals surface area contributed by atoms with Gasteiger partial charge in [-0.3, -0.25) is 4.79 Å². The lowest BCUT2D eigenvalue weighted by Crippen LogP contribution is -2.27. The Kier molecular flexibility index (Phi) is 3.28. The summed E-state index contributed by atoms with van der Waals surface area (Å²) in [5, 5.41) is 9.64. The highest BCUT2D eigenvalue weighted by atomic mass is 16.3. The first-order valence-electron chi connectivity index (χ1n) is 5.59. The van der Waals surface area contributed by atoms with Crippen LogP contribution in [-0.2, 0) is 0 Å². The number of aromatic nitrogens is 1. The fraction of sp³-hybridized carbons (Fsp3) is 0.143. The molecule has 4 nitrogen and oxygen atoms in total. The number of aryl methyl sites for hydroxylation is 1. The van der Waals surface area contributed by atoms with Gasteiger partial charge in [0.05, 0.1) is 0 Å². The Bertz CT molecular complexity index is 582. The molecule has 0 saturated carbocycles. The molecule has 0 aliphatic rings. The number of carbonyl (C=O) groups excluding carboxylic acids is 1. The summed E-state index contributed by atoms with van der Waals surface area (Å²) in [6.45, 7) is 1.93. The van der Waals surface area contributed by atoms with Crippen LogP contribution in [0.2, 0.25) is 0 Å². The molecule has 0 atom stereocenters. The number of nitrogens with zero attached hydrogens (tertiary/aromatic N) is 2. The largest absolute Gasteiger partial charge is 0.505 e. The molecule has 0 saturated heterocycles. The van der Waals surface area contributed by atoms with Crippen LogP contribution in [0, 0.1) is 6.92 Å². The number of aromatic hydroxyl groups is 1. The van der Waals surface area contributed by atoms with Gasteiger partial charge in [-0.1, -0.05) is 18.2 Å². The molecule has 0 aliphatic carbocycles. The van der Waals surface area contributed by atoms with Crippen molar-refractivity contribution in [1.29, 1.82) is 0 Å². The van der Waals surface area contributed by atoms with Crippen molar-refractivity contribution in [3.05, 3.63) is 53.9 Å². The van der Waals surface area contributed by atoms with Gasteiger partial charge in [0.25, 0.3) is 5.91 Å². The molecule has 1 heterocycles. The zero-order chi connectivity index (χ0) is 13.1. The molecule has 4 heteroatoms. The van der Waals surface area contributed by atoms with Crippen molar-refractivity contribution in [2.75, 3.05) is 11.9 Å². The van der Waals surface area contributed by atoms with Crippen LogP contribution in [-0.4, -0.2) is 23.0 Å². The topological polar surface area (TPSA) is 53.4 Å². The number of hydrogen-bond acceptors (Lipinski definition) is 3. The highest BCUT2D eigenvalue weighted by Crippen LogP contribution is 2.22. The van der Waals surface area contributed by atoms with Crippen molar-refractivity contribution < 1.29 is 9.90 Å². The van der Waals surface area contributed by atoms with Crippen molar-refractivity contribution in [2.24, 2.45) is 0 Å². The first-order valence-corrected chi connectivity index (χ1v) is 5.59. The van der Waals surface area contributed by atoms with Gasteiger partial charge in [0, 0.05) is 18.9 Å². The molecule has 1 amide bonds. The Balaban J connectivity index is 2.36. The van der Waals surface area contributed by atoms with Crippen molar-refractivity contribution in [3.8, 4) is 5.75 Å². The molecule has 0 unspecified atom stereocenters. The highest BCUT2D eigenvalue weighted by molar-refractivity contribution is 6.06. The van der Waals surface area contributed by atoms with E-state index in [0.717, 1.165) is 11.3 Å². The van der Waals surface area contributed by atoms with E-state index in [0.29, 0.717) is 0 Å². The van der Waals surface area contributed by atoms with Crippen LogP contribution < -0.4 is 4.90 Å².